The lowest BCUT2D eigenvalue weighted by Gasteiger charge is -2.37. The van der Waals surface area contributed by atoms with Crippen LogP contribution in [0.25, 0.3) is 0 Å². The van der Waals surface area contributed by atoms with Crippen LogP contribution < -0.4 is 5.32 Å². The van der Waals surface area contributed by atoms with Gasteiger partial charge in [0.1, 0.15) is 5.82 Å². The standard InChI is InChI=1S/C20H23F2N3OS/c1-14-6-7-17(13-23-14)24-19(26)25-10-8-15(9-11-25)20(2,22)27-18-5-3-4-16(21)12-18/h3-7,12-13,15H,8-11H2,1-2H3,(H,24,26). The van der Waals surface area contributed by atoms with E-state index < -0.39 is 5.00 Å². The summed E-state index contributed by atoms with van der Waals surface area (Å²) in [5.41, 5.74) is 1.52. The van der Waals surface area contributed by atoms with Gasteiger partial charge in [0.05, 0.1) is 11.9 Å². The molecule has 144 valence electrons. The fraction of sp³-hybridized carbons (Fsp3) is 0.400. The molecule has 27 heavy (non-hydrogen) atoms. The Labute approximate surface area is 162 Å². The predicted molar refractivity (Wildman–Crippen MR) is 104 cm³/mol. The number of benzene rings is 1. The fourth-order valence-corrected chi connectivity index (χ4v) is 4.37. The van der Waals surface area contributed by atoms with Crippen LogP contribution in [0.4, 0.5) is 19.3 Å². The molecule has 0 radical (unpaired) electrons. The van der Waals surface area contributed by atoms with Gasteiger partial charge in [0.2, 0.25) is 0 Å². The first kappa shape index (κ1) is 19.6. The second-order valence-electron chi connectivity index (χ2n) is 6.93. The Morgan fingerprint density at radius 1 is 1.30 bits per heavy atom. The largest absolute Gasteiger partial charge is 0.325 e. The summed E-state index contributed by atoms with van der Waals surface area (Å²) < 4.78 is 28.6. The molecule has 2 amide bonds. The molecule has 1 aliphatic heterocycles. The van der Waals surface area contributed by atoms with Gasteiger partial charge in [0.25, 0.3) is 0 Å². The number of aryl methyl sites for hydroxylation is 1. The number of hydrogen-bond donors (Lipinski definition) is 1. The summed E-state index contributed by atoms with van der Waals surface area (Å²) >= 11 is 1.05. The van der Waals surface area contributed by atoms with Crippen molar-refractivity contribution in [2.24, 2.45) is 5.92 Å². The zero-order valence-corrected chi connectivity index (χ0v) is 16.2. The van der Waals surface area contributed by atoms with Gasteiger partial charge in [-0.2, -0.15) is 0 Å². The SMILES string of the molecule is Cc1ccc(NC(=O)N2CCC(C(C)(F)Sc3cccc(F)c3)CC2)cn1. The zero-order valence-electron chi connectivity index (χ0n) is 15.4. The highest BCUT2D eigenvalue weighted by molar-refractivity contribution is 8.00. The molecular formula is C20H23F2N3OS. The molecule has 3 rings (SSSR count). The van der Waals surface area contributed by atoms with Gasteiger partial charge in [-0.3, -0.25) is 4.98 Å². The van der Waals surface area contributed by atoms with E-state index in [0.717, 1.165) is 17.5 Å². The van der Waals surface area contributed by atoms with Crippen LogP contribution in [0.2, 0.25) is 0 Å². The second-order valence-corrected chi connectivity index (χ2v) is 8.40. The molecule has 2 heterocycles. The second kappa shape index (κ2) is 8.25. The molecule has 0 spiro atoms. The number of likely N-dealkylation sites (tertiary alicyclic amines) is 1. The lowest BCUT2D eigenvalue weighted by molar-refractivity contribution is 0.124. The van der Waals surface area contributed by atoms with Gasteiger partial charge in [0.15, 0.2) is 5.00 Å². The van der Waals surface area contributed by atoms with E-state index in [0.29, 0.717) is 36.5 Å². The van der Waals surface area contributed by atoms with E-state index in [4.69, 9.17) is 0 Å². The highest BCUT2D eigenvalue weighted by atomic mass is 32.2. The molecule has 1 aliphatic rings. The Bertz CT molecular complexity index is 790. The molecule has 1 unspecified atom stereocenters. The predicted octanol–water partition coefficient (Wildman–Crippen LogP) is 5.25. The molecule has 1 aromatic heterocycles. The molecule has 0 bridgehead atoms. The number of nitrogens with one attached hydrogen (secondary N) is 1. The Morgan fingerprint density at radius 3 is 2.67 bits per heavy atom. The summed E-state index contributed by atoms with van der Waals surface area (Å²) in [4.78, 5) is 18.8. The van der Waals surface area contributed by atoms with Crippen LogP contribution in [0, 0.1) is 18.7 Å². The topological polar surface area (TPSA) is 45.2 Å². The molecule has 1 aromatic carbocycles. The van der Waals surface area contributed by atoms with Crippen LogP contribution in [0.5, 0.6) is 0 Å². The smallest absolute Gasteiger partial charge is 0.321 e. The number of amides is 2. The average molecular weight is 391 g/mol. The van der Waals surface area contributed by atoms with Gasteiger partial charge in [-0.25, -0.2) is 13.6 Å². The lowest BCUT2D eigenvalue weighted by atomic mass is 9.92. The number of pyridine rings is 1. The molecular weight excluding hydrogens is 368 g/mol. The number of carbonyl (C=O) groups is 1. The van der Waals surface area contributed by atoms with E-state index in [2.05, 4.69) is 10.3 Å². The molecule has 1 fully saturated rings. The minimum absolute atomic E-state index is 0.197. The number of rotatable bonds is 4. The molecule has 4 nitrogen and oxygen atoms in total. The minimum atomic E-state index is -1.52. The number of piperidine rings is 1. The molecule has 2 aromatic rings. The number of aromatic nitrogens is 1. The van der Waals surface area contributed by atoms with Crippen molar-refractivity contribution in [3.63, 3.8) is 0 Å². The number of halogens is 2. The van der Waals surface area contributed by atoms with Crippen molar-refractivity contribution in [2.45, 2.75) is 36.6 Å². The number of hydrogen-bond acceptors (Lipinski definition) is 3. The zero-order chi connectivity index (χ0) is 19.4. The third-order valence-electron chi connectivity index (χ3n) is 4.79. The molecule has 1 saturated heterocycles. The van der Waals surface area contributed by atoms with Crippen LogP contribution in [0.1, 0.15) is 25.5 Å². The quantitative estimate of drug-likeness (QED) is 0.724. The van der Waals surface area contributed by atoms with E-state index in [1.54, 1.807) is 36.2 Å². The number of urea groups is 1. The number of anilines is 1. The van der Waals surface area contributed by atoms with E-state index in [9.17, 15) is 9.18 Å². The maximum atomic E-state index is 15.2. The molecule has 0 saturated carbocycles. The lowest BCUT2D eigenvalue weighted by Crippen LogP contribution is -2.44. The normalized spacial score (nSPS) is 17.4. The third kappa shape index (κ3) is 5.19. The van der Waals surface area contributed by atoms with E-state index in [1.807, 2.05) is 13.0 Å². The summed E-state index contributed by atoms with van der Waals surface area (Å²) in [6, 6.07) is 9.43. The van der Waals surface area contributed by atoms with E-state index >= 15 is 4.39 Å². The Balaban J connectivity index is 1.54. The molecule has 1 atom stereocenters. The van der Waals surface area contributed by atoms with Crippen LogP contribution >= 0.6 is 11.8 Å². The number of thioether (sulfide) groups is 1. The highest BCUT2D eigenvalue weighted by Crippen LogP contribution is 2.44. The number of alkyl halides is 1. The van der Waals surface area contributed by atoms with Crippen molar-refractivity contribution in [1.82, 2.24) is 9.88 Å². The minimum Gasteiger partial charge on any atom is -0.325 e. The summed E-state index contributed by atoms with van der Waals surface area (Å²) in [5.74, 6) is -0.566. The first-order chi connectivity index (χ1) is 12.8. The van der Waals surface area contributed by atoms with Gasteiger partial charge in [-0.15, -0.1) is 0 Å². The average Bonchev–Trinajstić information content (AvgIpc) is 2.63. The van der Waals surface area contributed by atoms with Crippen LogP contribution in [0.15, 0.2) is 47.5 Å². The molecule has 1 N–H and O–H groups in total. The van der Waals surface area contributed by atoms with Crippen molar-refractivity contribution in [3.05, 3.63) is 54.1 Å². The maximum absolute atomic E-state index is 15.2. The van der Waals surface area contributed by atoms with Gasteiger partial charge in [-0.05, 0) is 57.0 Å². The van der Waals surface area contributed by atoms with Crippen molar-refractivity contribution < 1.29 is 13.6 Å². The Kier molecular flexibility index (Phi) is 5.99. The molecule has 0 aliphatic carbocycles. The Hall–Kier alpha value is -2.15. The summed E-state index contributed by atoms with van der Waals surface area (Å²) in [6.07, 6.45) is 2.75. The summed E-state index contributed by atoms with van der Waals surface area (Å²) in [6.45, 7) is 4.39. The van der Waals surface area contributed by atoms with Crippen LogP contribution in [-0.4, -0.2) is 34.0 Å². The maximum Gasteiger partial charge on any atom is 0.321 e. The number of nitrogens with zero attached hydrogens (tertiary/aromatic N) is 2. The van der Waals surface area contributed by atoms with Gasteiger partial charge in [-0.1, -0.05) is 17.8 Å². The first-order valence-electron chi connectivity index (χ1n) is 8.95. The summed E-state index contributed by atoms with van der Waals surface area (Å²) in [5, 5.41) is 1.31. The van der Waals surface area contributed by atoms with Gasteiger partial charge in [0, 0.05) is 29.6 Å². The van der Waals surface area contributed by atoms with Crippen molar-refractivity contribution in [2.75, 3.05) is 18.4 Å². The third-order valence-corrected chi connectivity index (χ3v) is 6.01. The van der Waals surface area contributed by atoms with Crippen molar-refractivity contribution in [1.29, 1.82) is 0 Å². The van der Waals surface area contributed by atoms with E-state index in [1.165, 1.54) is 12.1 Å². The van der Waals surface area contributed by atoms with Gasteiger partial charge >= 0.3 is 6.03 Å². The van der Waals surface area contributed by atoms with Crippen LogP contribution in [0.3, 0.4) is 0 Å². The summed E-state index contributed by atoms with van der Waals surface area (Å²) in [7, 11) is 0. The van der Waals surface area contributed by atoms with E-state index in [-0.39, 0.29) is 17.8 Å². The number of carbonyl (C=O) groups excluding carboxylic acids is 1. The first-order valence-corrected chi connectivity index (χ1v) is 9.77. The Morgan fingerprint density at radius 2 is 2.04 bits per heavy atom. The van der Waals surface area contributed by atoms with Crippen molar-refractivity contribution >= 4 is 23.5 Å². The molecule has 7 heteroatoms. The van der Waals surface area contributed by atoms with Crippen LogP contribution in [-0.2, 0) is 0 Å². The van der Waals surface area contributed by atoms with Crippen molar-refractivity contribution in [3.8, 4) is 0 Å². The highest BCUT2D eigenvalue weighted by Gasteiger charge is 2.38. The fourth-order valence-electron chi connectivity index (χ4n) is 3.19. The van der Waals surface area contributed by atoms with Gasteiger partial charge < -0.3 is 10.2 Å². The monoisotopic (exact) mass is 391 g/mol.